The van der Waals surface area contributed by atoms with Crippen molar-refractivity contribution in [3.63, 3.8) is 0 Å². The number of hydrogen-bond donors (Lipinski definition) is 0. The smallest absolute Gasteiger partial charge is 0.261 e. The summed E-state index contributed by atoms with van der Waals surface area (Å²) in [6.07, 6.45) is 2.83. The summed E-state index contributed by atoms with van der Waals surface area (Å²) < 4.78 is 30.0. The van der Waals surface area contributed by atoms with Gasteiger partial charge in [0.1, 0.15) is 11.5 Å². The second-order valence-electron chi connectivity index (χ2n) is 11.8. The number of aromatic nitrogens is 2. The standard InChI is InChI=1S/C33H39FN2O2Si/c1-6-36-22-31(25(2)35-36)37-24-33(26-14-13-15-28(34)20-26)21-27(33)23-38-39(32(3,4)5,29-16-9-7-10-17-29)30-18-11-8-12-19-30/h7-20,22,27H,6,21,23-24H2,1-5H3/t27-,33+/m0/s1. The Labute approximate surface area is 232 Å². The summed E-state index contributed by atoms with van der Waals surface area (Å²) in [6.45, 7) is 12.7. The van der Waals surface area contributed by atoms with Crippen molar-refractivity contribution in [2.45, 2.75) is 58.0 Å². The van der Waals surface area contributed by atoms with Crippen molar-refractivity contribution in [1.82, 2.24) is 9.78 Å². The van der Waals surface area contributed by atoms with Crippen molar-refractivity contribution in [2.24, 2.45) is 5.92 Å². The van der Waals surface area contributed by atoms with Gasteiger partial charge in [0.15, 0.2) is 5.75 Å². The third kappa shape index (κ3) is 5.20. The lowest BCUT2D eigenvalue weighted by atomic mass is 9.94. The van der Waals surface area contributed by atoms with E-state index >= 15 is 0 Å². The average molecular weight is 543 g/mol. The van der Waals surface area contributed by atoms with E-state index in [0.717, 1.165) is 30.0 Å². The highest BCUT2D eigenvalue weighted by atomic mass is 28.4. The fourth-order valence-electron chi connectivity index (χ4n) is 6.01. The zero-order valence-electron chi connectivity index (χ0n) is 23.7. The molecule has 39 heavy (non-hydrogen) atoms. The van der Waals surface area contributed by atoms with E-state index in [0.29, 0.717) is 13.2 Å². The maximum Gasteiger partial charge on any atom is 0.261 e. The van der Waals surface area contributed by atoms with Gasteiger partial charge in [0, 0.05) is 18.6 Å². The predicted octanol–water partition coefficient (Wildman–Crippen LogP) is 6.26. The number of nitrogens with zero attached hydrogens (tertiary/aromatic N) is 2. The summed E-state index contributed by atoms with van der Waals surface area (Å²) in [5.74, 6) is 0.772. The van der Waals surface area contributed by atoms with Crippen LogP contribution in [-0.4, -0.2) is 31.3 Å². The van der Waals surface area contributed by atoms with Gasteiger partial charge in [0.05, 0.1) is 12.8 Å². The van der Waals surface area contributed by atoms with Crippen molar-refractivity contribution < 1.29 is 13.6 Å². The second kappa shape index (κ2) is 10.7. The second-order valence-corrected chi connectivity index (χ2v) is 16.1. The number of benzene rings is 3. The van der Waals surface area contributed by atoms with Crippen LogP contribution in [0.15, 0.2) is 91.1 Å². The number of ether oxygens (including phenoxy) is 1. The van der Waals surface area contributed by atoms with Crippen LogP contribution in [0.3, 0.4) is 0 Å². The van der Waals surface area contributed by atoms with Gasteiger partial charge in [-0.1, -0.05) is 93.6 Å². The Morgan fingerprint density at radius 3 is 2.15 bits per heavy atom. The number of rotatable bonds is 10. The molecule has 2 atom stereocenters. The molecule has 4 nitrogen and oxygen atoms in total. The number of hydrogen-bond acceptors (Lipinski definition) is 3. The molecule has 0 aliphatic heterocycles. The van der Waals surface area contributed by atoms with Crippen LogP contribution < -0.4 is 15.1 Å². The molecular formula is C33H39FN2O2Si. The third-order valence-electron chi connectivity index (χ3n) is 8.26. The van der Waals surface area contributed by atoms with E-state index in [2.05, 4.69) is 93.5 Å². The molecule has 1 aromatic heterocycles. The first kappa shape index (κ1) is 27.3. The van der Waals surface area contributed by atoms with Crippen LogP contribution in [0.2, 0.25) is 5.04 Å². The van der Waals surface area contributed by atoms with Gasteiger partial charge in [-0.05, 0) is 59.3 Å². The highest BCUT2D eigenvalue weighted by molar-refractivity contribution is 6.99. The fourth-order valence-corrected chi connectivity index (χ4v) is 10.6. The SMILES string of the molecule is CCn1cc(OC[C@@]2(c3cccc(F)c3)C[C@H]2CO[Si](c2ccccc2)(c2ccccc2)C(C)(C)C)c(C)n1. The first-order valence-electron chi connectivity index (χ1n) is 13.9. The van der Waals surface area contributed by atoms with Crippen molar-refractivity contribution in [3.05, 3.63) is 108 Å². The molecule has 3 aromatic carbocycles. The summed E-state index contributed by atoms with van der Waals surface area (Å²) in [6, 6.07) is 28.4. The first-order chi connectivity index (χ1) is 18.7. The molecule has 0 saturated heterocycles. The van der Waals surface area contributed by atoms with Crippen LogP contribution in [0, 0.1) is 18.7 Å². The van der Waals surface area contributed by atoms with Gasteiger partial charge in [-0.2, -0.15) is 5.10 Å². The minimum atomic E-state index is -2.67. The topological polar surface area (TPSA) is 36.3 Å². The Kier molecular flexibility index (Phi) is 7.53. The van der Waals surface area contributed by atoms with Gasteiger partial charge in [-0.3, -0.25) is 4.68 Å². The molecular weight excluding hydrogens is 503 g/mol. The Balaban J connectivity index is 1.47. The van der Waals surface area contributed by atoms with Gasteiger partial charge < -0.3 is 9.16 Å². The maximum atomic E-state index is 14.4. The molecule has 0 spiro atoms. The van der Waals surface area contributed by atoms with Gasteiger partial charge >= 0.3 is 0 Å². The van der Waals surface area contributed by atoms with Crippen LogP contribution in [-0.2, 0) is 16.4 Å². The lowest BCUT2D eigenvalue weighted by molar-refractivity contribution is 0.229. The molecule has 6 heteroatoms. The number of halogens is 1. The summed E-state index contributed by atoms with van der Waals surface area (Å²) >= 11 is 0. The summed E-state index contributed by atoms with van der Waals surface area (Å²) in [7, 11) is -2.67. The van der Waals surface area contributed by atoms with E-state index < -0.39 is 8.32 Å². The van der Waals surface area contributed by atoms with Crippen molar-refractivity contribution in [3.8, 4) is 5.75 Å². The van der Waals surface area contributed by atoms with Crippen molar-refractivity contribution in [2.75, 3.05) is 13.2 Å². The minimum Gasteiger partial charge on any atom is -0.489 e. The fraction of sp³-hybridized carbons (Fsp3) is 0.364. The molecule has 1 saturated carbocycles. The van der Waals surface area contributed by atoms with Gasteiger partial charge in [0.25, 0.3) is 8.32 Å². The van der Waals surface area contributed by atoms with Crippen LogP contribution in [0.5, 0.6) is 5.75 Å². The highest BCUT2D eigenvalue weighted by Gasteiger charge is 2.58. The molecule has 0 radical (unpaired) electrons. The molecule has 1 aliphatic carbocycles. The molecule has 1 heterocycles. The van der Waals surface area contributed by atoms with Crippen LogP contribution in [0.4, 0.5) is 4.39 Å². The molecule has 0 N–H and O–H groups in total. The Morgan fingerprint density at radius 2 is 1.62 bits per heavy atom. The molecule has 0 bridgehead atoms. The van der Waals surface area contributed by atoms with Gasteiger partial charge in [0.2, 0.25) is 0 Å². The lowest BCUT2D eigenvalue weighted by Crippen LogP contribution is -2.66. The molecule has 1 aliphatic rings. The Bertz CT molecular complexity index is 1360. The van der Waals surface area contributed by atoms with Crippen LogP contribution in [0.1, 0.15) is 45.4 Å². The van der Waals surface area contributed by atoms with E-state index in [1.54, 1.807) is 12.1 Å². The average Bonchev–Trinajstić information content (AvgIpc) is 3.53. The molecule has 0 amide bonds. The molecule has 4 aromatic rings. The Hall–Kier alpha value is -3.22. The minimum absolute atomic E-state index is 0.103. The molecule has 5 rings (SSSR count). The van der Waals surface area contributed by atoms with Gasteiger partial charge in [-0.15, -0.1) is 0 Å². The zero-order valence-corrected chi connectivity index (χ0v) is 24.7. The Morgan fingerprint density at radius 1 is 0.974 bits per heavy atom. The van der Waals surface area contributed by atoms with Crippen molar-refractivity contribution in [1.29, 1.82) is 0 Å². The number of aryl methyl sites for hydroxylation is 2. The summed E-state index contributed by atoms with van der Waals surface area (Å²) in [4.78, 5) is 0. The summed E-state index contributed by atoms with van der Waals surface area (Å²) in [5, 5.41) is 6.96. The zero-order chi connectivity index (χ0) is 27.7. The van der Waals surface area contributed by atoms with Crippen LogP contribution in [0.25, 0.3) is 0 Å². The van der Waals surface area contributed by atoms with E-state index in [1.165, 1.54) is 16.4 Å². The van der Waals surface area contributed by atoms with Crippen LogP contribution >= 0.6 is 0 Å². The van der Waals surface area contributed by atoms with E-state index in [9.17, 15) is 4.39 Å². The normalized spacial score (nSPS) is 19.2. The van der Waals surface area contributed by atoms with E-state index in [4.69, 9.17) is 9.16 Å². The van der Waals surface area contributed by atoms with E-state index in [-0.39, 0.29) is 22.2 Å². The quantitative estimate of drug-likeness (QED) is 0.222. The highest BCUT2D eigenvalue weighted by Crippen LogP contribution is 2.55. The lowest BCUT2D eigenvalue weighted by Gasteiger charge is -2.43. The third-order valence-corrected chi connectivity index (χ3v) is 13.3. The monoisotopic (exact) mass is 542 g/mol. The van der Waals surface area contributed by atoms with Gasteiger partial charge in [-0.25, -0.2) is 4.39 Å². The maximum absolute atomic E-state index is 14.4. The first-order valence-corrected chi connectivity index (χ1v) is 15.8. The van der Waals surface area contributed by atoms with E-state index in [1.807, 2.05) is 23.9 Å². The van der Waals surface area contributed by atoms with Crippen molar-refractivity contribution >= 4 is 18.7 Å². The predicted molar refractivity (Wildman–Crippen MR) is 158 cm³/mol. The summed E-state index contributed by atoms with van der Waals surface area (Å²) in [5.41, 5.74) is 1.53. The largest absolute Gasteiger partial charge is 0.489 e. The molecule has 204 valence electrons. The molecule has 0 unspecified atom stereocenters. The molecule has 1 fully saturated rings.